The highest BCUT2D eigenvalue weighted by Gasteiger charge is 2.22. The van der Waals surface area contributed by atoms with Crippen molar-refractivity contribution in [2.24, 2.45) is 0 Å². The molecule has 70 heavy (non-hydrogen) atoms. The molecule has 0 saturated carbocycles. The van der Waals surface area contributed by atoms with E-state index in [1.54, 1.807) is 0 Å². The maximum Gasteiger partial charge on any atom is 0.408 e. The molecular formula is C54H72N6O10. The van der Waals surface area contributed by atoms with E-state index in [9.17, 15) is 28.8 Å². The molecule has 0 bridgehead atoms. The van der Waals surface area contributed by atoms with Crippen molar-refractivity contribution in [3.05, 3.63) is 144 Å². The Morgan fingerprint density at radius 2 is 0.571 bits per heavy atom. The fourth-order valence-electron chi connectivity index (χ4n) is 7.21. The molecule has 0 saturated heterocycles. The molecule has 0 heterocycles. The minimum Gasteiger partial charge on any atom is -0.445 e. The van der Waals surface area contributed by atoms with Crippen LogP contribution < -0.4 is 31.9 Å². The third-order valence-corrected chi connectivity index (χ3v) is 11.1. The predicted octanol–water partition coefficient (Wildman–Crippen LogP) is 9.12. The first-order valence-electron chi connectivity index (χ1n) is 24.6. The number of benzene rings is 4. The number of hydrogen-bond acceptors (Lipinski definition) is 10. The van der Waals surface area contributed by atoms with Crippen LogP contribution in [-0.2, 0) is 55.0 Å². The number of amides is 6. The first-order chi connectivity index (χ1) is 34.2. The molecule has 0 radical (unpaired) electrons. The molecule has 16 nitrogen and oxygen atoms in total. The fraction of sp³-hybridized carbons (Fsp3) is 0.444. The molecule has 16 heteroatoms. The Bertz CT molecular complexity index is 1930. The molecule has 0 aliphatic rings. The highest BCUT2D eigenvalue weighted by Crippen LogP contribution is 2.11. The predicted molar refractivity (Wildman–Crippen MR) is 267 cm³/mol. The second-order valence-corrected chi connectivity index (χ2v) is 16.9. The number of unbranched alkanes of at least 4 members (excludes halogenated alkanes) is 9. The molecule has 6 amide bonds. The minimum absolute atomic E-state index is 0.0825. The second-order valence-electron chi connectivity index (χ2n) is 16.9. The van der Waals surface area contributed by atoms with Crippen molar-refractivity contribution < 1.29 is 47.7 Å². The number of ether oxygens (including phenoxy) is 4. The molecule has 6 N–H and O–H groups in total. The van der Waals surface area contributed by atoms with Crippen LogP contribution in [0.25, 0.3) is 0 Å². The zero-order chi connectivity index (χ0) is 49.7. The first kappa shape index (κ1) is 55.5. The second kappa shape index (κ2) is 35.1. The van der Waals surface area contributed by atoms with Crippen LogP contribution in [0.15, 0.2) is 121 Å². The molecule has 0 aliphatic heterocycles. The van der Waals surface area contributed by atoms with Gasteiger partial charge < -0.3 is 50.8 Å². The molecular weight excluding hydrogens is 893 g/mol. The summed E-state index contributed by atoms with van der Waals surface area (Å²) >= 11 is 0. The Balaban J connectivity index is 1.07. The van der Waals surface area contributed by atoms with Crippen LogP contribution in [0, 0.1) is 0 Å². The molecule has 0 aromatic heterocycles. The van der Waals surface area contributed by atoms with Crippen molar-refractivity contribution in [1.82, 2.24) is 31.9 Å². The summed E-state index contributed by atoms with van der Waals surface area (Å²) in [4.78, 5) is 76.0. The Labute approximate surface area is 412 Å². The van der Waals surface area contributed by atoms with E-state index in [4.69, 9.17) is 18.9 Å². The Morgan fingerprint density at radius 1 is 0.314 bits per heavy atom. The van der Waals surface area contributed by atoms with E-state index in [1.165, 1.54) is 0 Å². The molecule has 0 spiro atoms. The quantitative estimate of drug-likeness (QED) is 0.0197. The SMILES string of the molecule is O=C(NCCCC[C@H](NC(=O)OCc1ccccc1)C(=O)NCCCCCCCCCCNC(=O)[C@H](CCCCNC(=O)OCc1ccccc1)NC(=O)OCc1ccccc1)OCc1ccccc1. The molecule has 378 valence electrons. The van der Waals surface area contributed by atoms with Gasteiger partial charge in [-0.05, 0) is 73.6 Å². The lowest BCUT2D eigenvalue weighted by atomic mass is 10.1. The van der Waals surface area contributed by atoms with E-state index in [0.29, 0.717) is 64.7 Å². The van der Waals surface area contributed by atoms with Gasteiger partial charge in [0.15, 0.2) is 0 Å². The maximum absolute atomic E-state index is 13.2. The molecule has 0 unspecified atom stereocenters. The fourth-order valence-corrected chi connectivity index (χ4v) is 7.21. The van der Waals surface area contributed by atoms with E-state index >= 15 is 0 Å². The van der Waals surface area contributed by atoms with Gasteiger partial charge in [0, 0.05) is 26.2 Å². The van der Waals surface area contributed by atoms with Crippen LogP contribution >= 0.6 is 0 Å². The van der Waals surface area contributed by atoms with Crippen LogP contribution in [0.2, 0.25) is 0 Å². The molecule has 2 atom stereocenters. The largest absolute Gasteiger partial charge is 0.445 e. The normalized spacial score (nSPS) is 11.5. The van der Waals surface area contributed by atoms with Gasteiger partial charge in [-0.2, -0.15) is 0 Å². The van der Waals surface area contributed by atoms with Crippen molar-refractivity contribution in [3.8, 4) is 0 Å². The summed E-state index contributed by atoms with van der Waals surface area (Å²) in [6.07, 6.45) is 8.25. The lowest BCUT2D eigenvalue weighted by Crippen LogP contribution is -2.47. The highest BCUT2D eigenvalue weighted by atomic mass is 16.6. The maximum atomic E-state index is 13.2. The number of rotatable bonds is 33. The smallest absolute Gasteiger partial charge is 0.408 e. The van der Waals surface area contributed by atoms with Crippen molar-refractivity contribution in [1.29, 1.82) is 0 Å². The van der Waals surface area contributed by atoms with Gasteiger partial charge in [0.05, 0.1) is 0 Å². The van der Waals surface area contributed by atoms with Crippen molar-refractivity contribution in [2.45, 2.75) is 128 Å². The average molecular weight is 965 g/mol. The van der Waals surface area contributed by atoms with Crippen LogP contribution in [-0.4, -0.2) is 74.5 Å². The molecule has 0 aliphatic carbocycles. The van der Waals surface area contributed by atoms with E-state index in [-0.39, 0.29) is 38.2 Å². The van der Waals surface area contributed by atoms with Gasteiger partial charge in [-0.3, -0.25) is 9.59 Å². The number of carbonyl (C=O) groups excluding carboxylic acids is 6. The van der Waals surface area contributed by atoms with Crippen molar-refractivity contribution in [2.75, 3.05) is 26.2 Å². The third-order valence-electron chi connectivity index (χ3n) is 11.1. The van der Waals surface area contributed by atoms with Gasteiger partial charge in [0.25, 0.3) is 0 Å². The van der Waals surface area contributed by atoms with E-state index in [2.05, 4.69) is 31.9 Å². The standard InChI is InChI=1S/C54H72N6O10/c61-49(47(59-53(65)69-41-45-29-15-9-16-30-45)33-19-23-37-57-51(63)67-39-43-25-11-7-12-26-43)55-35-21-5-3-1-2-4-6-22-36-56-50(62)48(60-54(66)70-42-46-31-17-10-18-32-46)34-20-24-38-58-52(64)68-40-44-27-13-8-14-28-44/h7-18,25-32,47-48H,1-6,19-24,33-42H2,(H,55,61)(H,56,62)(H,57,63)(H,58,64)(H,59,65)(H,60,66)/t47-,48-/m0/s1. The van der Waals surface area contributed by atoms with Crippen LogP contribution in [0.4, 0.5) is 19.2 Å². The minimum atomic E-state index is -0.793. The summed E-state index contributed by atoms with van der Waals surface area (Å²) in [5.41, 5.74) is 3.45. The number of carbonyl (C=O) groups is 6. The van der Waals surface area contributed by atoms with Gasteiger partial charge in [-0.1, -0.05) is 160 Å². The lowest BCUT2D eigenvalue weighted by molar-refractivity contribution is -0.124. The summed E-state index contributed by atoms with van der Waals surface area (Å²) in [5, 5.41) is 16.8. The molecule has 0 fully saturated rings. The van der Waals surface area contributed by atoms with Crippen LogP contribution in [0.3, 0.4) is 0 Å². The Morgan fingerprint density at radius 3 is 0.886 bits per heavy atom. The van der Waals surface area contributed by atoms with E-state index in [0.717, 1.165) is 73.6 Å². The number of nitrogens with one attached hydrogen (secondary N) is 6. The van der Waals surface area contributed by atoms with E-state index < -0.39 is 36.5 Å². The van der Waals surface area contributed by atoms with Gasteiger partial charge in [-0.15, -0.1) is 0 Å². The Hall–Kier alpha value is -7.10. The third kappa shape index (κ3) is 25.9. The number of alkyl carbamates (subject to hydrolysis) is 4. The Kier molecular flexibility index (Phi) is 27.8. The van der Waals surface area contributed by atoms with Crippen LogP contribution in [0.5, 0.6) is 0 Å². The topological polar surface area (TPSA) is 212 Å². The zero-order valence-corrected chi connectivity index (χ0v) is 40.3. The van der Waals surface area contributed by atoms with Gasteiger partial charge >= 0.3 is 24.4 Å². The highest BCUT2D eigenvalue weighted by molar-refractivity contribution is 5.86. The van der Waals surface area contributed by atoms with E-state index in [1.807, 2.05) is 121 Å². The zero-order valence-electron chi connectivity index (χ0n) is 40.3. The summed E-state index contributed by atoms with van der Waals surface area (Å²) in [6.45, 7) is 2.20. The van der Waals surface area contributed by atoms with Crippen LogP contribution in [0.1, 0.15) is 112 Å². The van der Waals surface area contributed by atoms with Gasteiger partial charge in [-0.25, -0.2) is 19.2 Å². The summed E-state index contributed by atoms with van der Waals surface area (Å²) < 4.78 is 21.3. The monoisotopic (exact) mass is 965 g/mol. The molecule has 4 aromatic carbocycles. The number of hydrogen-bond donors (Lipinski definition) is 6. The first-order valence-corrected chi connectivity index (χ1v) is 24.6. The average Bonchev–Trinajstić information content (AvgIpc) is 3.38. The summed E-state index contributed by atoms with van der Waals surface area (Å²) in [5.74, 6) is -0.564. The summed E-state index contributed by atoms with van der Waals surface area (Å²) in [6, 6.07) is 35.8. The van der Waals surface area contributed by atoms with Gasteiger partial charge in [0.1, 0.15) is 38.5 Å². The van der Waals surface area contributed by atoms with Gasteiger partial charge in [0.2, 0.25) is 11.8 Å². The lowest BCUT2D eigenvalue weighted by Gasteiger charge is -2.18. The summed E-state index contributed by atoms with van der Waals surface area (Å²) in [7, 11) is 0. The molecule has 4 aromatic rings. The molecule has 4 rings (SSSR count). The van der Waals surface area contributed by atoms with Crippen molar-refractivity contribution >= 4 is 36.2 Å². The van der Waals surface area contributed by atoms with Crippen molar-refractivity contribution in [3.63, 3.8) is 0 Å².